The van der Waals surface area contributed by atoms with Gasteiger partial charge in [0.1, 0.15) is 0 Å². The fourth-order valence-electron chi connectivity index (χ4n) is 4.53. The van der Waals surface area contributed by atoms with Crippen LogP contribution in [0.5, 0.6) is 0 Å². The van der Waals surface area contributed by atoms with Gasteiger partial charge in [0.15, 0.2) is 0 Å². The largest absolute Gasteiger partial charge is 0.341 e. The summed E-state index contributed by atoms with van der Waals surface area (Å²) in [5, 5.41) is 3.01. The zero-order valence-electron chi connectivity index (χ0n) is 20.4. The molecule has 1 heterocycles. The molecule has 0 radical (unpaired) electrons. The molecule has 0 aliphatic heterocycles. The maximum atomic E-state index is 13.9. The topological polar surface area (TPSA) is 42.3 Å². The first-order valence-corrected chi connectivity index (χ1v) is 14.0. The molecule has 0 fully saturated rings. The minimum Gasteiger partial charge on any atom is -0.341 e. The summed E-state index contributed by atoms with van der Waals surface area (Å²) < 4.78 is 31.3. The number of aromatic nitrogens is 1. The number of benzene rings is 4. The van der Waals surface area contributed by atoms with Crippen LogP contribution in [0.1, 0.15) is 18.1 Å². The van der Waals surface area contributed by atoms with Crippen LogP contribution in [0.25, 0.3) is 21.8 Å². The van der Waals surface area contributed by atoms with E-state index in [-0.39, 0.29) is 11.4 Å². The van der Waals surface area contributed by atoms with E-state index >= 15 is 0 Å². The molecule has 4 aromatic carbocycles. The van der Waals surface area contributed by atoms with Gasteiger partial charge in [0, 0.05) is 44.0 Å². The van der Waals surface area contributed by atoms with Gasteiger partial charge in [0.2, 0.25) is 0 Å². The number of sulfonamides is 1. The fraction of sp³-hybridized carbons (Fsp3) is 0.133. The number of aryl methyl sites for hydroxylation is 2. The fourth-order valence-corrected chi connectivity index (χ4v) is 6.42. The highest BCUT2D eigenvalue weighted by molar-refractivity contribution is 7.92. The summed E-state index contributed by atoms with van der Waals surface area (Å²) in [5.74, 6) is 6.03. The number of hydrogen-bond donors (Lipinski definition) is 0. The molecule has 0 unspecified atom stereocenters. The van der Waals surface area contributed by atoms with E-state index in [2.05, 4.69) is 35.5 Å². The molecule has 37 heavy (non-hydrogen) atoms. The maximum absolute atomic E-state index is 13.9. The van der Waals surface area contributed by atoms with Gasteiger partial charge in [-0.05, 0) is 68.4 Å². The molecule has 0 saturated heterocycles. The maximum Gasteiger partial charge on any atom is 0.265 e. The number of fused-ring (bicyclic) bond motifs is 3. The third-order valence-electron chi connectivity index (χ3n) is 6.29. The molecule has 0 aliphatic rings. The molecule has 0 saturated carbocycles. The molecule has 186 valence electrons. The van der Waals surface area contributed by atoms with Crippen molar-refractivity contribution < 1.29 is 8.42 Å². The summed E-state index contributed by atoms with van der Waals surface area (Å²) in [6, 6.07) is 25.8. The van der Waals surface area contributed by atoms with Gasteiger partial charge in [-0.25, -0.2) is 8.42 Å². The van der Waals surface area contributed by atoms with Crippen LogP contribution in [-0.2, 0) is 16.6 Å². The number of anilines is 1. The van der Waals surface area contributed by atoms with Crippen molar-refractivity contribution in [3.05, 3.63) is 106 Å². The number of nitrogens with zero attached hydrogens (tertiary/aromatic N) is 2. The molecular weight excluding hydrogens is 523 g/mol. The van der Waals surface area contributed by atoms with Crippen molar-refractivity contribution in [2.24, 2.45) is 0 Å². The average Bonchev–Trinajstić information content (AvgIpc) is 3.19. The van der Waals surface area contributed by atoms with Gasteiger partial charge in [-0.1, -0.05) is 70.9 Å². The Labute approximate surface area is 227 Å². The number of rotatable bonds is 5. The normalized spacial score (nSPS) is 11.5. The highest BCUT2D eigenvalue weighted by atomic mass is 35.5. The first-order chi connectivity index (χ1) is 17.8. The Bertz CT molecular complexity index is 1780. The summed E-state index contributed by atoms with van der Waals surface area (Å²) in [7, 11) is -3.89. The molecule has 4 nitrogen and oxygen atoms in total. The average molecular weight is 548 g/mol. The summed E-state index contributed by atoms with van der Waals surface area (Å²) in [4.78, 5) is 0.210. The highest BCUT2D eigenvalue weighted by Gasteiger charge is 2.25. The Morgan fingerprint density at radius 1 is 0.838 bits per heavy atom. The van der Waals surface area contributed by atoms with Crippen LogP contribution in [0, 0.1) is 18.8 Å². The van der Waals surface area contributed by atoms with E-state index in [9.17, 15) is 8.42 Å². The predicted molar refractivity (Wildman–Crippen MR) is 154 cm³/mol. The Balaban J connectivity index is 1.64. The van der Waals surface area contributed by atoms with E-state index < -0.39 is 10.0 Å². The summed E-state index contributed by atoms with van der Waals surface area (Å²) in [6.45, 7) is 4.79. The lowest BCUT2D eigenvalue weighted by Crippen LogP contribution is -2.31. The number of para-hydroxylation sites is 1. The minimum absolute atomic E-state index is 0.0434. The van der Waals surface area contributed by atoms with E-state index in [1.165, 1.54) is 4.31 Å². The van der Waals surface area contributed by atoms with Gasteiger partial charge < -0.3 is 4.57 Å². The van der Waals surface area contributed by atoms with Crippen molar-refractivity contribution in [1.29, 1.82) is 0 Å². The third kappa shape index (κ3) is 4.93. The first kappa shape index (κ1) is 25.2. The first-order valence-electron chi connectivity index (χ1n) is 11.8. The second-order valence-electron chi connectivity index (χ2n) is 8.75. The monoisotopic (exact) mass is 546 g/mol. The minimum atomic E-state index is -3.89. The third-order valence-corrected chi connectivity index (χ3v) is 8.51. The Morgan fingerprint density at radius 2 is 1.51 bits per heavy atom. The SMILES string of the molecule is CCn1c2ccccc2c2cc(N(CC#Cc3cc(Cl)cc(Cl)c3)S(=O)(=O)c3ccc(C)cc3)ccc21. The summed E-state index contributed by atoms with van der Waals surface area (Å²) in [6.07, 6.45) is 0. The van der Waals surface area contributed by atoms with Gasteiger partial charge in [0.25, 0.3) is 10.0 Å². The molecule has 5 aromatic rings. The number of halogens is 2. The van der Waals surface area contributed by atoms with Crippen LogP contribution in [-0.4, -0.2) is 19.5 Å². The predicted octanol–water partition coefficient (Wildman–Crippen LogP) is 7.68. The highest BCUT2D eigenvalue weighted by Crippen LogP contribution is 2.33. The van der Waals surface area contributed by atoms with Crippen molar-refractivity contribution in [2.75, 3.05) is 10.8 Å². The van der Waals surface area contributed by atoms with Gasteiger partial charge in [-0.3, -0.25) is 4.31 Å². The second-order valence-corrected chi connectivity index (χ2v) is 11.5. The van der Waals surface area contributed by atoms with Crippen LogP contribution in [0.15, 0.2) is 89.8 Å². The van der Waals surface area contributed by atoms with Gasteiger partial charge >= 0.3 is 0 Å². The van der Waals surface area contributed by atoms with Crippen LogP contribution in [0.3, 0.4) is 0 Å². The van der Waals surface area contributed by atoms with Crippen molar-refractivity contribution in [2.45, 2.75) is 25.3 Å². The van der Waals surface area contributed by atoms with Crippen LogP contribution < -0.4 is 4.31 Å². The second kappa shape index (κ2) is 10.1. The molecule has 0 amide bonds. The van der Waals surface area contributed by atoms with E-state index in [1.54, 1.807) is 42.5 Å². The lowest BCUT2D eigenvalue weighted by molar-refractivity contribution is 0.593. The zero-order chi connectivity index (χ0) is 26.2. The quantitative estimate of drug-likeness (QED) is 0.212. The van der Waals surface area contributed by atoms with Gasteiger partial charge in [0.05, 0.1) is 17.1 Å². The number of hydrogen-bond acceptors (Lipinski definition) is 2. The zero-order valence-corrected chi connectivity index (χ0v) is 22.7. The van der Waals surface area contributed by atoms with E-state index in [0.717, 1.165) is 33.9 Å². The standard InChI is InChI=1S/C30H24Cl2N2O2S/c1-3-33-29-9-5-4-8-27(29)28-20-25(12-15-30(28)33)34(37(35,36)26-13-10-21(2)11-14-26)16-6-7-22-17-23(31)19-24(32)18-22/h4-5,8-15,17-20H,3,16H2,1-2H3. The molecule has 5 rings (SSSR count). The van der Waals surface area contributed by atoms with Crippen molar-refractivity contribution in [1.82, 2.24) is 4.57 Å². The summed E-state index contributed by atoms with van der Waals surface area (Å²) in [5.41, 5.74) is 4.32. The lowest BCUT2D eigenvalue weighted by atomic mass is 10.1. The lowest BCUT2D eigenvalue weighted by Gasteiger charge is -2.23. The van der Waals surface area contributed by atoms with Gasteiger partial charge in [-0.15, -0.1) is 0 Å². The molecule has 1 aromatic heterocycles. The molecule has 7 heteroatoms. The Kier molecular flexibility index (Phi) is 6.92. The molecule has 0 bridgehead atoms. The van der Waals surface area contributed by atoms with Crippen LogP contribution >= 0.6 is 23.2 Å². The van der Waals surface area contributed by atoms with Crippen molar-refractivity contribution in [3.8, 4) is 11.8 Å². The smallest absolute Gasteiger partial charge is 0.265 e. The van der Waals surface area contributed by atoms with Crippen LogP contribution in [0.4, 0.5) is 5.69 Å². The van der Waals surface area contributed by atoms with Crippen LogP contribution in [0.2, 0.25) is 10.0 Å². The van der Waals surface area contributed by atoms with E-state index in [4.69, 9.17) is 23.2 Å². The van der Waals surface area contributed by atoms with E-state index in [1.807, 2.05) is 37.3 Å². The molecule has 0 spiro atoms. The van der Waals surface area contributed by atoms with Crippen molar-refractivity contribution in [3.63, 3.8) is 0 Å². The molecule has 0 N–H and O–H groups in total. The van der Waals surface area contributed by atoms with Crippen molar-refractivity contribution >= 4 is 60.7 Å². The Morgan fingerprint density at radius 3 is 2.22 bits per heavy atom. The Hall–Kier alpha value is -3.43. The molecule has 0 atom stereocenters. The van der Waals surface area contributed by atoms with Gasteiger partial charge in [-0.2, -0.15) is 0 Å². The molecular formula is C30H24Cl2N2O2S. The summed E-state index contributed by atoms with van der Waals surface area (Å²) >= 11 is 12.2. The van der Waals surface area contributed by atoms with E-state index in [0.29, 0.717) is 21.3 Å². The molecule has 0 aliphatic carbocycles.